The molecule has 0 unspecified atom stereocenters. The number of aromatic nitrogens is 5. The molecular weight excluding hydrogens is 2030 g/mol. The van der Waals surface area contributed by atoms with Crippen molar-refractivity contribution >= 4 is 214 Å². The van der Waals surface area contributed by atoms with Crippen molar-refractivity contribution in [2.24, 2.45) is 0 Å². The molecule has 716 valence electrons. The van der Waals surface area contributed by atoms with Gasteiger partial charge in [0.25, 0.3) is 0 Å². The fraction of sp³-hybridized carbons (Fsp3) is 0.404. The predicted molar refractivity (Wildman–Crippen MR) is 579 cm³/mol. The van der Waals surface area contributed by atoms with Gasteiger partial charge in [-0.15, -0.1) is 45.3 Å². The minimum absolute atomic E-state index is 0. The summed E-state index contributed by atoms with van der Waals surface area (Å²) in [6.45, 7) is 45.5. The first kappa shape index (κ1) is 123. The minimum atomic E-state index is -2.24. The van der Waals surface area contributed by atoms with E-state index in [-0.39, 0.29) is 103 Å². The van der Waals surface area contributed by atoms with Crippen LogP contribution in [0.25, 0.3) is 79.9 Å². The normalized spacial score (nSPS) is 12.0. The number of hydrogen-bond acceptors (Lipinski definition) is 14. The molecule has 1 saturated heterocycles. The number of fused-ring (bicyclic) bond motifs is 4. The van der Waals surface area contributed by atoms with E-state index in [9.17, 15) is 22.4 Å². The molecule has 0 N–H and O–H groups in total. The second-order valence-electron chi connectivity index (χ2n) is 32.1. The van der Waals surface area contributed by atoms with Crippen LogP contribution in [0.3, 0.4) is 0 Å². The molecule has 0 radical (unpaired) electrons. The number of alkyl halides is 1. The van der Waals surface area contributed by atoms with Gasteiger partial charge >= 0.3 is 127 Å². The number of unbranched alkanes of at least 4 members (excludes halogenated alkanes) is 3. The zero-order chi connectivity index (χ0) is 91.1. The number of halogens is 11. The van der Waals surface area contributed by atoms with E-state index in [0.29, 0.717) is 85.4 Å². The standard InChI is InChI=1S/C20H20FNOS.C18H15BrFNOS.C16H13ClFNS.C14H16BFO2S.C8H9Cl2N.C5H2Cl3N.C4H7O.3C4H9.7CH4.Sn/c1-5-23-13(4)18-9-14(12(2)3)10-19(22-18)16-11-24-20-15(16)7-6-8-17(20)21;1-10(2)11-6-15(21-16(7-11)17(22)8-19)13-9-23-18-12(13)4-3-5-14(18)20;1-9(2)10-6-14(19-15(17)7-10)12-8-20-16-11(12)4-3-5-13(16)18;1-13(2)14(3,4)18-15(17-13)10-8-19-12-9(10)6-5-7-11(12)16;1-5(2)6-3-7(9)11-8(10)4-6;6-3-1-4(7)9-5(8)2-3;1-3-5-4-2;3*1-3-4-2;;;;;;;;/h6-12H,4-5H2,1-3H3;3-7,9-10H,8H2,1-2H3;3-9H,1-2H3;5-8H,1-4H3;3-5H,1-2H3;1-2H;1,4H2,2H3;3*1,3-4H2,2H3;7*1H4;. The summed E-state index contributed by atoms with van der Waals surface area (Å²) in [6.07, 6.45) is 8.10. The molecule has 0 atom stereocenters. The molecule has 0 amide bonds. The zero-order valence-electron chi connectivity index (χ0n) is 73.4. The molecule has 4 aromatic carbocycles. The number of carbonyl (C=O) groups is 1. The third kappa shape index (κ3) is 33.7. The summed E-state index contributed by atoms with van der Waals surface area (Å²) in [5.41, 5.74) is 10.9. The van der Waals surface area contributed by atoms with Gasteiger partial charge < -0.3 is 14.0 Å². The Balaban J connectivity index is 0.000000770. The number of rotatable bonds is 25. The van der Waals surface area contributed by atoms with Crippen LogP contribution < -0.4 is 5.46 Å². The van der Waals surface area contributed by atoms with Crippen LogP contribution in [-0.4, -0.2) is 85.9 Å². The molecule has 10 nitrogen and oxygen atoms in total. The van der Waals surface area contributed by atoms with Gasteiger partial charge in [-0.1, -0.05) is 248 Å². The number of hydrogen-bond donors (Lipinski definition) is 0. The first-order chi connectivity index (χ1) is 58.8. The van der Waals surface area contributed by atoms with Crippen molar-refractivity contribution < 1.29 is 41.1 Å². The Kier molecular flexibility index (Phi) is 54.3. The van der Waals surface area contributed by atoms with Crippen molar-refractivity contribution in [3.8, 4) is 33.8 Å². The van der Waals surface area contributed by atoms with Crippen molar-refractivity contribution in [1.29, 1.82) is 0 Å². The average Bonchev–Trinajstić information content (AvgIpc) is 1.28. The monoisotopic (exact) mass is 2160 g/mol. The quantitative estimate of drug-likeness (QED) is 0.0137. The first-order valence-corrected chi connectivity index (χ1v) is 56.0. The fourth-order valence-electron chi connectivity index (χ4n) is 13.4. The van der Waals surface area contributed by atoms with E-state index in [1.165, 1.54) is 137 Å². The number of thiophene rings is 4. The number of benzene rings is 4. The van der Waals surface area contributed by atoms with Crippen molar-refractivity contribution in [2.45, 2.75) is 256 Å². The van der Waals surface area contributed by atoms with Gasteiger partial charge in [0.05, 0.1) is 59.0 Å². The van der Waals surface area contributed by atoms with Crippen molar-refractivity contribution in [3.63, 3.8) is 0 Å². The Labute approximate surface area is 840 Å². The minimum Gasteiger partial charge on any atom is -0.399 e. The molecule has 10 heterocycles. The van der Waals surface area contributed by atoms with Gasteiger partial charge in [-0.05, 0) is 176 Å². The third-order valence-electron chi connectivity index (χ3n) is 21.2. The van der Waals surface area contributed by atoms with Gasteiger partial charge in [0.1, 0.15) is 66.2 Å². The zero-order valence-corrected chi connectivity index (χ0v) is 85.6. The summed E-state index contributed by atoms with van der Waals surface area (Å²) in [7, 11) is -0.430. The summed E-state index contributed by atoms with van der Waals surface area (Å²) in [5, 5.41) is 14.0. The molecule has 1 aliphatic rings. The molecule has 0 aliphatic carbocycles. The van der Waals surface area contributed by atoms with Crippen LogP contribution in [0, 0.1) is 23.3 Å². The van der Waals surface area contributed by atoms with Crippen LogP contribution in [0.2, 0.25) is 44.1 Å². The molecule has 27 heteroatoms. The van der Waals surface area contributed by atoms with Crippen LogP contribution in [0.1, 0.15) is 270 Å². The number of carbonyl (C=O) groups excluding carboxylic acids is 1. The predicted octanol–water partition coefficient (Wildman–Crippen LogP) is 38.2. The third-order valence-corrected chi connectivity index (χ3v) is 42.0. The summed E-state index contributed by atoms with van der Waals surface area (Å²) >= 11 is 40.5. The smallest absolute Gasteiger partial charge is 0.399 e. The van der Waals surface area contributed by atoms with E-state index in [1.807, 2.05) is 123 Å². The largest absolute Gasteiger partial charge is 0.496 e. The molecule has 14 rings (SSSR count). The van der Waals surface area contributed by atoms with Gasteiger partial charge in [0.15, 0.2) is 5.78 Å². The summed E-state index contributed by atoms with van der Waals surface area (Å²) in [5.74, 6) is 1.14. The molecule has 0 bridgehead atoms. The van der Waals surface area contributed by atoms with Gasteiger partial charge in [-0.25, -0.2) is 42.5 Å². The number of Topliss-reactive ketones (excluding diaryl/α,β-unsaturated/α-hetero) is 1. The van der Waals surface area contributed by atoms with E-state index in [2.05, 4.69) is 138 Å². The second-order valence-corrected chi connectivity index (χ2v) is 51.7. The second kappa shape index (κ2) is 57.9. The maximum Gasteiger partial charge on any atom is 0.496 e. The fourth-order valence-corrected chi connectivity index (χ4v) is 33.7. The topological polar surface area (TPSA) is 118 Å². The van der Waals surface area contributed by atoms with Gasteiger partial charge in [0.2, 0.25) is 0 Å². The molecule has 0 spiro atoms. The van der Waals surface area contributed by atoms with Crippen LogP contribution in [0.4, 0.5) is 17.6 Å². The molecular formula is C104H137BBrCl6F4N5O5S4Sn. The Morgan fingerprint density at radius 3 is 1.08 bits per heavy atom. The number of pyridine rings is 5. The van der Waals surface area contributed by atoms with Gasteiger partial charge in [0, 0.05) is 59.5 Å². The van der Waals surface area contributed by atoms with Crippen LogP contribution in [0.5, 0.6) is 0 Å². The SMILES string of the molecule is C.C.C.C.C.C.C.C=C(OCC)c1cc(C(C)C)cc(-c2csc3c(F)cccc23)n1.C=[C](OCC)[Sn]([CH2]CCC)([CH2]CCC)[CH2]CCC.CC(C)c1cc(C(=O)CBr)nc(-c2csc3c(F)cccc23)c1.CC(C)c1cc(Cl)nc(-c2csc3c(F)cccc23)c1.CC(C)c1cc(Cl)nc(Cl)c1.CC1(C)OB(c2csc3c(F)cccc23)OC1(C)C.Clc1cc(Cl)nc(Cl)c1. The summed E-state index contributed by atoms with van der Waals surface area (Å²) in [4.78, 5) is 33.2. The van der Waals surface area contributed by atoms with Crippen LogP contribution >= 0.6 is 131 Å². The van der Waals surface area contributed by atoms with Gasteiger partial charge in [-0.3, -0.25) is 4.79 Å². The van der Waals surface area contributed by atoms with E-state index in [4.69, 9.17) is 93.4 Å². The summed E-state index contributed by atoms with van der Waals surface area (Å²) < 4.78 is 87.1. The van der Waals surface area contributed by atoms with Crippen molar-refractivity contribution in [1.82, 2.24) is 24.9 Å². The maximum atomic E-state index is 14.0. The van der Waals surface area contributed by atoms with E-state index in [0.717, 1.165) is 95.3 Å². The molecule has 1 aliphatic heterocycles. The molecule has 1 fully saturated rings. The molecule has 131 heavy (non-hydrogen) atoms. The number of ketones is 1. The molecule has 9 aromatic heterocycles. The average molecular weight is 2160 g/mol. The van der Waals surface area contributed by atoms with E-state index >= 15 is 0 Å². The van der Waals surface area contributed by atoms with Crippen molar-refractivity contribution in [3.05, 3.63) is 260 Å². The Hall–Kier alpha value is -6.06. The Bertz CT molecular complexity index is 5660. The van der Waals surface area contributed by atoms with E-state index < -0.39 is 25.5 Å². The van der Waals surface area contributed by atoms with Crippen LogP contribution in [0.15, 0.2) is 172 Å². The molecule has 13 aromatic rings. The number of ether oxygens (including phenoxy) is 2. The summed E-state index contributed by atoms with van der Waals surface area (Å²) in [6, 6.07) is 39.0. The Morgan fingerprint density at radius 2 is 0.740 bits per heavy atom. The van der Waals surface area contributed by atoms with Crippen LogP contribution in [-0.2, 0) is 18.8 Å². The van der Waals surface area contributed by atoms with Gasteiger partial charge in [-0.2, -0.15) is 0 Å². The van der Waals surface area contributed by atoms with E-state index in [1.54, 1.807) is 24.3 Å². The maximum absolute atomic E-state index is 14.0. The first-order valence-electron chi connectivity index (χ1n) is 41.6. The Morgan fingerprint density at radius 1 is 0.435 bits per heavy atom. The van der Waals surface area contributed by atoms with Crippen molar-refractivity contribution in [2.75, 3.05) is 18.5 Å². The molecule has 0 saturated carbocycles. The number of nitrogens with zero attached hydrogens (tertiary/aromatic N) is 5.